The van der Waals surface area contributed by atoms with Crippen molar-refractivity contribution in [3.8, 4) is 17.5 Å². The number of benzene rings is 3. The van der Waals surface area contributed by atoms with E-state index in [2.05, 4.69) is 16.0 Å². The third-order valence-electron chi connectivity index (χ3n) is 4.83. The van der Waals surface area contributed by atoms with Crippen LogP contribution in [0.1, 0.15) is 37.4 Å². The summed E-state index contributed by atoms with van der Waals surface area (Å²) in [5.41, 5.74) is 4.13. The second kappa shape index (κ2) is 5.48. The van der Waals surface area contributed by atoms with Crippen LogP contribution in [0.25, 0.3) is 22.4 Å². The Morgan fingerprint density at radius 3 is 2.22 bits per heavy atom. The number of nitrogens with one attached hydrogen (secondary N) is 1. The summed E-state index contributed by atoms with van der Waals surface area (Å²) in [6.07, 6.45) is 0. The molecule has 5 heteroatoms. The number of imidazole rings is 1. The molecule has 126 valence electrons. The van der Waals surface area contributed by atoms with Crippen LogP contribution in [0.2, 0.25) is 0 Å². The van der Waals surface area contributed by atoms with E-state index >= 15 is 0 Å². The molecule has 0 radical (unpaired) electrons. The van der Waals surface area contributed by atoms with Crippen LogP contribution in [0.15, 0.2) is 60.7 Å². The standard InChI is InChI=1S/C22H11N3O2/c23-11-12-5-7-13(8-6-12)22-24-17-10-9-16-18(19(17)25-22)21(27)15-4-2-1-3-14(15)20(16)26/h1-10H,(H,24,25). The van der Waals surface area contributed by atoms with E-state index in [0.717, 1.165) is 5.56 Å². The van der Waals surface area contributed by atoms with Gasteiger partial charge in [0.05, 0.1) is 28.2 Å². The van der Waals surface area contributed by atoms with E-state index in [9.17, 15) is 9.59 Å². The molecule has 1 N–H and O–H groups in total. The van der Waals surface area contributed by atoms with Crippen LogP contribution in [0.3, 0.4) is 0 Å². The molecule has 3 aromatic carbocycles. The van der Waals surface area contributed by atoms with Crippen molar-refractivity contribution >= 4 is 22.6 Å². The van der Waals surface area contributed by atoms with Crippen LogP contribution in [-0.4, -0.2) is 21.5 Å². The molecule has 1 aliphatic rings. The minimum absolute atomic E-state index is 0.156. The van der Waals surface area contributed by atoms with Gasteiger partial charge in [-0.15, -0.1) is 0 Å². The van der Waals surface area contributed by atoms with Crippen molar-refractivity contribution in [2.45, 2.75) is 0 Å². The Morgan fingerprint density at radius 2 is 1.52 bits per heavy atom. The molecule has 1 aromatic heterocycles. The number of fused-ring (bicyclic) bond motifs is 4. The lowest BCUT2D eigenvalue weighted by molar-refractivity contribution is 0.0980. The first-order valence-corrected chi connectivity index (χ1v) is 8.39. The fourth-order valence-electron chi connectivity index (χ4n) is 3.50. The highest BCUT2D eigenvalue weighted by molar-refractivity contribution is 6.31. The van der Waals surface area contributed by atoms with E-state index in [4.69, 9.17) is 5.26 Å². The fourth-order valence-corrected chi connectivity index (χ4v) is 3.50. The van der Waals surface area contributed by atoms with E-state index in [1.807, 2.05) is 0 Å². The highest BCUT2D eigenvalue weighted by atomic mass is 16.1. The molecule has 0 atom stereocenters. The molecule has 0 spiro atoms. The van der Waals surface area contributed by atoms with Crippen molar-refractivity contribution < 1.29 is 9.59 Å². The average molecular weight is 349 g/mol. The number of carbonyl (C=O) groups excluding carboxylic acids is 2. The molecule has 4 aromatic rings. The maximum absolute atomic E-state index is 13.1. The number of nitrogens with zero attached hydrogens (tertiary/aromatic N) is 2. The number of rotatable bonds is 1. The molecular formula is C22H11N3O2. The summed E-state index contributed by atoms with van der Waals surface area (Å²) in [7, 11) is 0. The zero-order valence-electron chi connectivity index (χ0n) is 14.0. The zero-order chi connectivity index (χ0) is 18.5. The minimum atomic E-state index is -0.180. The summed E-state index contributed by atoms with van der Waals surface area (Å²) in [6, 6.07) is 19.4. The first-order chi connectivity index (χ1) is 13.2. The molecular weight excluding hydrogens is 338 g/mol. The second-order valence-electron chi connectivity index (χ2n) is 6.36. The normalized spacial score (nSPS) is 12.6. The number of nitriles is 1. The smallest absolute Gasteiger partial charge is 0.196 e. The molecule has 0 aliphatic heterocycles. The zero-order valence-corrected chi connectivity index (χ0v) is 14.0. The Kier molecular flexibility index (Phi) is 3.09. The fraction of sp³-hybridized carbons (Fsp3) is 0. The van der Waals surface area contributed by atoms with Crippen LogP contribution in [0, 0.1) is 11.3 Å². The highest BCUT2D eigenvalue weighted by Gasteiger charge is 2.31. The third-order valence-corrected chi connectivity index (χ3v) is 4.83. The van der Waals surface area contributed by atoms with Gasteiger partial charge in [-0.25, -0.2) is 4.98 Å². The first-order valence-electron chi connectivity index (χ1n) is 8.39. The van der Waals surface area contributed by atoms with E-state index in [-0.39, 0.29) is 11.6 Å². The molecule has 0 fully saturated rings. The Bertz CT molecular complexity index is 1310. The monoisotopic (exact) mass is 349 g/mol. The minimum Gasteiger partial charge on any atom is -0.337 e. The number of hydrogen-bond donors (Lipinski definition) is 1. The van der Waals surface area contributed by atoms with Gasteiger partial charge in [-0.05, 0) is 36.4 Å². The quantitative estimate of drug-likeness (QED) is 0.497. The van der Waals surface area contributed by atoms with Gasteiger partial charge in [0.15, 0.2) is 11.6 Å². The first kappa shape index (κ1) is 15.2. The Labute approximate surface area is 153 Å². The van der Waals surface area contributed by atoms with Gasteiger partial charge in [-0.3, -0.25) is 9.59 Å². The lowest BCUT2D eigenvalue weighted by Crippen LogP contribution is -2.21. The van der Waals surface area contributed by atoms with Gasteiger partial charge in [-0.2, -0.15) is 5.26 Å². The summed E-state index contributed by atoms with van der Waals surface area (Å²) < 4.78 is 0. The van der Waals surface area contributed by atoms with E-state index in [1.165, 1.54) is 0 Å². The van der Waals surface area contributed by atoms with Crippen LogP contribution in [0.5, 0.6) is 0 Å². The van der Waals surface area contributed by atoms with Gasteiger partial charge in [0.25, 0.3) is 0 Å². The lowest BCUT2D eigenvalue weighted by atomic mass is 9.83. The van der Waals surface area contributed by atoms with E-state index < -0.39 is 0 Å². The second-order valence-corrected chi connectivity index (χ2v) is 6.36. The molecule has 0 saturated heterocycles. The Morgan fingerprint density at radius 1 is 0.815 bits per heavy atom. The molecule has 0 unspecified atom stereocenters. The highest BCUT2D eigenvalue weighted by Crippen LogP contribution is 2.33. The molecule has 1 aliphatic carbocycles. The van der Waals surface area contributed by atoms with Gasteiger partial charge < -0.3 is 4.98 Å². The maximum atomic E-state index is 13.1. The SMILES string of the molecule is N#Cc1ccc(-c2nc3ccc4c(c3[nH]2)C(=O)c2ccccc2C4=O)cc1. The topological polar surface area (TPSA) is 86.6 Å². The van der Waals surface area contributed by atoms with Crippen LogP contribution >= 0.6 is 0 Å². The summed E-state index contributed by atoms with van der Waals surface area (Å²) in [4.78, 5) is 33.6. The summed E-state index contributed by atoms with van der Waals surface area (Å²) in [6.45, 7) is 0. The summed E-state index contributed by atoms with van der Waals surface area (Å²) in [5.74, 6) is 0.249. The molecule has 5 rings (SSSR count). The number of hydrogen-bond acceptors (Lipinski definition) is 4. The number of aromatic amines is 1. The van der Waals surface area contributed by atoms with Gasteiger partial charge in [-0.1, -0.05) is 24.3 Å². The van der Waals surface area contributed by atoms with Gasteiger partial charge in [0, 0.05) is 22.3 Å². The van der Waals surface area contributed by atoms with Crippen molar-refractivity contribution in [3.05, 3.63) is 88.5 Å². The number of aromatic nitrogens is 2. The predicted molar refractivity (Wildman–Crippen MR) is 99.6 cm³/mol. The summed E-state index contributed by atoms with van der Waals surface area (Å²) in [5, 5.41) is 8.94. The van der Waals surface area contributed by atoms with Crippen molar-refractivity contribution in [2.75, 3.05) is 0 Å². The summed E-state index contributed by atoms with van der Waals surface area (Å²) >= 11 is 0. The van der Waals surface area contributed by atoms with Crippen molar-refractivity contribution in [3.63, 3.8) is 0 Å². The number of ketones is 2. The van der Waals surface area contributed by atoms with Crippen molar-refractivity contribution in [1.82, 2.24) is 9.97 Å². The predicted octanol–water partition coefficient (Wildman–Crippen LogP) is 3.88. The van der Waals surface area contributed by atoms with Crippen LogP contribution in [0.4, 0.5) is 0 Å². The Balaban J connectivity index is 1.73. The molecule has 0 saturated carbocycles. The largest absolute Gasteiger partial charge is 0.337 e. The van der Waals surface area contributed by atoms with Crippen molar-refractivity contribution in [2.24, 2.45) is 0 Å². The van der Waals surface area contributed by atoms with E-state index in [1.54, 1.807) is 60.7 Å². The molecule has 1 heterocycles. The lowest BCUT2D eigenvalue weighted by Gasteiger charge is -2.17. The molecule has 27 heavy (non-hydrogen) atoms. The van der Waals surface area contributed by atoms with E-state index in [0.29, 0.717) is 44.7 Å². The van der Waals surface area contributed by atoms with Gasteiger partial charge in [0.2, 0.25) is 0 Å². The molecule has 0 bridgehead atoms. The van der Waals surface area contributed by atoms with Gasteiger partial charge in [0.1, 0.15) is 5.82 Å². The Hall–Kier alpha value is -4.04. The average Bonchev–Trinajstić information content (AvgIpc) is 3.16. The molecule has 0 amide bonds. The molecule has 5 nitrogen and oxygen atoms in total. The van der Waals surface area contributed by atoms with Crippen LogP contribution < -0.4 is 0 Å². The van der Waals surface area contributed by atoms with Crippen LogP contribution in [-0.2, 0) is 0 Å². The van der Waals surface area contributed by atoms with Crippen molar-refractivity contribution in [1.29, 1.82) is 5.26 Å². The van der Waals surface area contributed by atoms with Gasteiger partial charge >= 0.3 is 0 Å². The maximum Gasteiger partial charge on any atom is 0.196 e. The number of carbonyl (C=O) groups is 2. The number of H-pyrrole nitrogens is 1. The third kappa shape index (κ3) is 2.14.